The third kappa shape index (κ3) is 6.77. The number of aromatic nitrogens is 2. The molecule has 1 unspecified atom stereocenters. The second-order valence-corrected chi connectivity index (χ2v) is 8.36. The lowest BCUT2D eigenvalue weighted by molar-refractivity contribution is -0.918. The Hall–Kier alpha value is -0.830. The van der Waals surface area contributed by atoms with Crippen molar-refractivity contribution in [2.45, 2.75) is 39.0 Å². The summed E-state index contributed by atoms with van der Waals surface area (Å²) < 4.78 is 30.5. The largest absolute Gasteiger partial charge is 0.475 e. The van der Waals surface area contributed by atoms with Gasteiger partial charge < -0.3 is 14.5 Å². The number of phosphoric acid groups is 1. The lowest BCUT2D eigenvalue weighted by atomic mass is 10.1. The Morgan fingerprint density at radius 3 is 2.84 bits per heavy atom. The van der Waals surface area contributed by atoms with Crippen molar-refractivity contribution < 1.29 is 28.1 Å². The van der Waals surface area contributed by atoms with Crippen molar-refractivity contribution in [3.8, 4) is 5.88 Å². The Labute approximate surface area is 152 Å². The predicted octanol–water partition coefficient (Wildman–Crippen LogP) is 2.80. The van der Waals surface area contributed by atoms with Gasteiger partial charge in [-0.15, -0.1) is 4.37 Å². The van der Waals surface area contributed by atoms with Crippen LogP contribution in [0.3, 0.4) is 0 Å². The number of rotatable bonds is 10. The van der Waals surface area contributed by atoms with Gasteiger partial charge in [0.05, 0.1) is 31.9 Å². The van der Waals surface area contributed by atoms with Gasteiger partial charge in [-0.05, 0) is 6.42 Å². The maximum absolute atomic E-state index is 11.0. The molecule has 0 saturated heterocycles. The molecule has 0 amide bonds. The summed E-state index contributed by atoms with van der Waals surface area (Å²) in [4.78, 5) is 17.9. The number of phosphoric ester groups is 1. The van der Waals surface area contributed by atoms with E-state index in [1.807, 2.05) is 7.05 Å². The highest BCUT2D eigenvalue weighted by Crippen LogP contribution is 2.38. The molecule has 2 rings (SSSR count). The van der Waals surface area contributed by atoms with E-state index in [1.54, 1.807) is 0 Å². The monoisotopic (exact) mass is 392 g/mol. The van der Waals surface area contributed by atoms with E-state index in [-0.39, 0.29) is 6.73 Å². The molecule has 0 fully saturated rings. The molecule has 2 N–H and O–H groups in total. The minimum Gasteiger partial charge on any atom is -0.475 e. The summed E-state index contributed by atoms with van der Waals surface area (Å²) in [7, 11) is -2.56. The third-order valence-corrected chi connectivity index (χ3v) is 5.11. The van der Waals surface area contributed by atoms with Crippen LogP contribution in [0.1, 0.15) is 44.7 Å². The van der Waals surface area contributed by atoms with Gasteiger partial charge in [0, 0.05) is 12.0 Å². The van der Waals surface area contributed by atoms with Gasteiger partial charge in [-0.2, -0.15) is 4.37 Å². The van der Waals surface area contributed by atoms with Crippen molar-refractivity contribution in [2.75, 3.05) is 33.5 Å². The van der Waals surface area contributed by atoms with Gasteiger partial charge >= 0.3 is 7.82 Å². The molecule has 0 aliphatic carbocycles. The van der Waals surface area contributed by atoms with Crippen LogP contribution in [0.4, 0.5) is 0 Å². The van der Waals surface area contributed by atoms with Crippen molar-refractivity contribution in [3.63, 3.8) is 0 Å². The first-order chi connectivity index (χ1) is 11.8. The highest BCUT2D eigenvalue weighted by atomic mass is 32.1. The standard InChI is InChI=1S/C15H26N3O5PS/c1-3-4-5-6-10-22-15-14(16-25-17-15)13-8-7-9-18(2,11-13)12-23-24(19,20)21/h8H,3-7,9-12H2,1-2H3,(H-,19,20,21)/p+1. The summed E-state index contributed by atoms with van der Waals surface area (Å²) in [5, 5.41) is 0. The Balaban J connectivity index is 1.96. The minimum absolute atomic E-state index is 0.0492. The fourth-order valence-electron chi connectivity index (χ4n) is 2.77. The number of hydrogen-bond acceptors (Lipinski definition) is 6. The van der Waals surface area contributed by atoms with Crippen molar-refractivity contribution in [1.29, 1.82) is 0 Å². The zero-order valence-corrected chi connectivity index (χ0v) is 16.5. The fourth-order valence-corrected chi connectivity index (χ4v) is 3.73. The number of likely N-dealkylation sites (N-methyl/N-ethyl adjacent to an activating group) is 1. The van der Waals surface area contributed by atoms with E-state index in [2.05, 4.69) is 21.7 Å². The smallest absolute Gasteiger partial charge is 0.474 e. The van der Waals surface area contributed by atoms with Crippen LogP contribution in [0, 0.1) is 0 Å². The molecular weight excluding hydrogens is 365 g/mol. The molecular formula is C15H27N3O5PS+. The van der Waals surface area contributed by atoms with Gasteiger partial charge in [-0.25, -0.2) is 9.09 Å². The van der Waals surface area contributed by atoms with E-state index in [9.17, 15) is 4.57 Å². The molecule has 1 atom stereocenters. The summed E-state index contributed by atoms with van der Waals surface area (Å²) in [6.45, 7) is 4.06. The average molecular weight is 392 g/mol. The molecule has 1 aliphatic heterocycles. The van der Waals surface area contributed by atoms with Gasteiger partial charge in [0.15, 0.2) is 6.73 Å². The molecule has 8 nitrogen and oxygen atoms in total. The van der Waals surface area contributed by atoms with Crippen LogP contribution < -0.4 is 4.74 Å². The summed E-state index contributed by atoms with van der Waals surface area (Å²) in [5.41, 5.74) is 1.72. The van der Waals surface area contributed by atoms with Gasteiger partial charge in [0.1, 0.15) is 12.2 Å². The van der Waals surface area contributed by atoms with E-state index < -0.39 is 7.82 Å². The minimum atomic E-state index is -4.47. The molecule has 142 valence electrons. The van der Waals surface area contributed by atoms with Gasteiger partial charge in [0.25, 0.3) is 5.88 Å². The molecule has 0 bridgehead atoms. The lowest BCUT2D eigenvalue weighted by Crippen LogP contribution is -2.48. The molecule has 1 aromatic rings. The number of nitrogens with zero attached hydrogens (tertiary/aromatic N) is 3. The number of unbranched alkanes of at least 4 members (excludes halogenated alkanes) is 3. The van der Waals surface area contributed by atoms with Crippen LogP contribution in [0.5, 0.6) is 5.88 Å². The van der Waals surface area contributed by atoms with Crippen LogP contribution in [0.25, 0.3) is 5.57 Å². The van der Waals surface area contributed by atoms with Crippen molar-refractivity contribution in [3.05, 3.63) is 11.8 Å². The first kappa shape index (κ1) is 20.5. The van der Waals surface area contributed by atoms with Crippen LogP contribution in [-0.4, -0.2) is 56.5 Å². The normalized spacial score (nSPS) is 21.2. The maximum atomic E-state index is 11.0. The molecule has 0 aromatic carbocycles. The van der Waals surface area contributed by atoms with E-state index in [4.69, 9.17) is 19.0 Å². The molecule has 0 radical (unpaired) electrons. The molecule has 25 heavy (non-hydrogen) atoms. The second-order valence-electron chi connectivity index (χ2n) is 6.60. The summed E-state index contributed by atoms with van der Waals surface area (Å²) in [6.07, 6.45) is 7.40. The average Bonchev–Trinajstić information content (AvgIpc) is 3.01. The highest BCUT2D eigenvalue weighted by Gasteiger charge is 2.32. The second kappa shape index (κ2) is 9.21. The Kier molecular flexibility index (Phi) is 7.54. The SMILES string of the molecule is CCCCCCOc1nsnc1C1=CCC[N+](C)(COP(=O)(O)O)C1. The predicted molar refractivity (Wildman–Crippen MR) is 96.1 cm³/mol. The van der Waals surface area contributed by atoms with E-state index >= 15 is 0 Å². The zero-order chi connectivity index (χ0) is 18.3. The van der Waals surface area contributed by atoms with Gasteiger partial charge in [-0.1, -0.05) is 32.3 Å². The van der Waals surface area contributed by atoms with Crippen molar-refractivity contribution in [1.82, 2.24) is 8.75 Å². The number of hydrogen-bond donors (Lipinski definition) is 2. The van der Waals surface area contributed by atoms with Crippen LogP contribution in [-0.2, 0) is 9.09 Å². The topological polar surface area (TPSA) is 102 Å². The van der Waals surface area contributed by atoms with Crippen molar-refractivity contribution in [2.24, 2.45) is 0 Å². The molecule has 0 saturated carbocycles. The quantitative estimate of drug-likeness (QED) is 0.359. The first-order valence-corrected chi connectivity index (χ1v) is 10.8. The fraction of sp³-hybridized carbons (Fsp3) is 0.733. The van der Waals surface area contributed by atoms with E-state index in [0.29, 0.717) is 23.5 Å². The molecule has 1 aromatic heterocycles. The molecule has 1 aliphatic rings. The van der Waals surface area contributed by atoms with E-state index in [0.717, 1.165) is 48.8 Å². The van der Waals surface area contributed by atoms with Crippen LogP contribution in [0.15, 0.2) is 6.08 Å². The number of ether oxygens (including phenoxy) is 1. The van der Waals surface area contributed by atoms with Crippen molar-refractivity contribution >= 4 is 25.1 Å². The Bertz CT molecular complexity index is 632. The van der Waals surface area contributed by atoms with Crippen LogP contribution in [0.2, 0.25) is 0 Å². The molecule has 0 spiro atoms. The lowest BCUT2D eigenvalue weighted by Gasteiger charge is -2.36. The molecule has 2 heterocycles. The molecule has 10 heteroatoms. The zero-order valence-electron chi connectivity index (χ0n) is 14.8. The highest BCUT2D eigenvalue weighted by molar-refractivity contribution is 7.46. The first-order valence-electron chi connectivity index (χ1n) is 8.51. The summed E-state index contributed by atoms with van der Waals surface area (Å²) in [5.74, 6) is 0.553. The third-order valence-electron chi connectivity index (χ3n) is 4.15. The summed E-state index contributed by atoms with van der Waals surface area (Å²) in [6, 6.07) is 0. The van der Waals surface area contributed by atoms with Gasteiger partial charge in [0.2, 0.25) is 0 Å². The Morgan fingerprint density at radius 1 is 1.32 bits per heavy atom. The Morgan fingerprint density at radius 2 is 2.12 bits per heavy atom. The summed E-state index contributed by atoms with van der Waals surface area (Å²) >= 11 is 1.12. The van der Waals surface area contributed by atoms with Crippen LogP contribution >= 0.6 is 19.6 Å². The van der Waals surface area contributed by atoms with E-state index in [1.165, 1.54) is 12.8 Å². The van der Waals surface area contributed by atoms with Gasteiger partial charge in [-0.3, -0.25) is 4.48 Å². The number of quaternary nitrogens is 1. The maximum Gasteiger partial charge on any atom is 0.474 e.